The van der Waals surface area contributed by atoms with Crippen molar-refractivity contribution in [1.82, 2.24) is 9.62 Å². The molecular weight excluding hydrogens is 290 g/mol. The number of likely N-dealkylation sites (tertiary alicyclic amines) is 1. The Balaban J connectivity index is 1.88. The first-order valence-electron chi connectivity index (χ1n) is 7.18. The van der Waals surface area contributed by atoms with E-state index in [2.05, 4.69) is 9.62 Å². The van der Waals surface area contributed by atoms with E-state index < -0.39 is 10.0 Å². The van der Waals surface area contributed by atoms with Crippen LogP contribution in [0.4, 0.5) is 5.69 Å². The molecule has 0 unspecified atom stereocenters. The Bertz CT molecular complexity index is 569. The van der Waals surface area contributed by atoms with Crippen molar-refractivity contribution in [3.05, 3.63) is 18.2 Å². The highest BCUT2D eigenvalue weighted by Crippen LogP contribution is 2.24. The summed E-state index contributed by atoms with van der Waals surface area (Å²) in [5.74, 6) is 0.370. The number of nitrogens with one attached hydrogen (secondary N) is 1. The van der Waals surface area contributed by atoms with Crippen molar-refractivity contribution in [3.63, 3.8) is 0 Å². The Morgan fingerprint density at radius 2 is 2.05 bits per heavy atom. The van der Waals surface area contributed by atoms with E-state index in [1.807, 2.05) is 0 Å². The van der Waals surface area contributed by atoms with Crippen molar-refractivity contribution >= 4 is 15.7 Å². The largest absolute Gasteiger partial charge is 0.495 e. The van der Waals surface area contributed by atoms with Gasteiger partial charge >= 0.3 is 0 Å². The van der Waals surface area contributed by atoms with Crippen molar-refractivity contribution in [2.24, 2.45) is 0 Å². The van der Waals surface area contributed by atoms with Crippen LogP contribution in [0.3, 0.4) is 0 Å². The highest BCUT2D eigenvalue weighted by atomic mass is 32.2. The maximum Gasteiger partial charge on any atom is 0.240 e. The second-order valence-corrected chi connectivity index (χ2v) is 6.97. The van der Waals surface area contributed by atoms with E-state index in [-0.39, 0.29) is 4.90 Å². The second kappa shape index (κ2) is 7.11. The molecule has 1 heterocycles. The van der Waals surface area contributed by atoms with Gasteiger partial charge in [0.1, 0.15) is 5.75 Å². The summed E-state index contributed by atoms with van der Waals surface area (Å²) in [6.07, 6.45) is 3.30. The lowest BCUT2D eigenvalue weighted by Crippen LogP contribution is -2.28. The maximum absolute atomic E-state index is 12.2. The van der Waals surface area contributed by atoms with E-state index in [4.69, 9.17) is 10.5 Å². The van der Waals surface area contributed by atoms with Crippen LogP contribution in [0, 0.1) is 0 Å². The summed E-state index contributed by atoms with van der Waals surface area (Å²) in [7, 11) is -2.05. The fraction of sp³-hybridized carbons (Fsp3) is 0.571. The first kappa shape index (κ1) is 16.1. The van der Waals surface area contributed by atoms with Crippen LogP contribution in [0.5, 0.6) is 5.75 Å². The molecule has 1 saturated heterocycles. The molecule has 0 atom stereocenters. The molecule has 0 spiro atoms. The third-order valence-corrected chi connectivity index (χ3v) is 5.12. The molecule has 2 rings (SSSR count). The summed E-state index contributed by atoms with van der Waals surface area (Å²) in [5, 5.41) is 0. The SMILES string of the molecule is COc1cc(S(=O)(=O)NCCCN2CCCC2)ccc1N. The molecule has 3 N–H and O–H groups in total. The second-order valence-electron chi connectivity index (χ2n) is 5.20. The van der Waals surface area contributed by atoms with Crippen molar-refractivity contribution in [2.45, 2.75) is 24.2 Å². The van der Waals surface area contributed by atoms with Crippen molar-refractivity contribution < 1.29 is 13.2 Å². The minimum atomic E-state index is -3.51. The molecule has 1 aliphatic rings. The molecule has 0 radical (unpaired) electrons. The minimum Gasteiger partial charge on any atom is -0.495 e. The molecule has 118 valence electrons. The number of benzene rings is 1. The van der Waals surface area contributed by atoms with Gasteiger partial charge in [0.15, 0.2) is 0 Å². The van der Waals surface area contributed by atoms with Gasteiger partial charge in [0.2, 0.25) is 10.0 Å². The number of ether oxygens (including phenoxy) is 1. The standard InChI is InChI=1S/C14H23N3O3S/c1-20-14-11-12(5-6-13(14)15)21(18,19)16-7-4-10-17-8-2-3-9-17/h5-6,11,16H,2-4,7-10,15H2,1H3. The van der Waals surface area contributed by atoms with E-state index in [0.29, 0.717) is 18.0 Å². The first-order valence-corrected chi connectivity index (χ1v) is 8.67. The fourth-order valence-corrected chi connectivity index (χ4v) is 3.55. The van der Waals surface area contributed by atoms with Gasteiger partial charge in [-0.15, -0.1) is 0 Å². The third-order valence-electron chi connectivity index (χ3n) is 3.66. The van der Waals surface area contributed by atoms with E-state index >= 15 is 0 Å². The lowest BCUT2D eigenvalue weighted by atomic mass is 10.3. The van der Waals surface area contributed by atoms with Gasteiger partial charge in [0, 0.05) is 12.6 Å². The Morgan fingerprint density at radius 1 is 1.33 bits per heavy atom. The Labute approximate surface area is 126 Å². The molecular formula is C14H23N3O3S. The van der Waals surface area contributed by atoms with Crippen LogP contribution in [0.2, 0.25) is 0 Å². The Hall–Kier alpha value is -1.31. The number of methoxy groups -OCH3 is 1. The van der Waals surface area contributed by atoms with Crippen molar-refractivity contribution in [2.75, 3.05) is 39.0 Å². The molecule has 1 aromatic rings. The maximum atomic E-state index is 12.2. The summed E-state index contributed by atoms with van der Waals surface area (Å²) in [6, 6.07) is 4.47. The van der Waals surface area contributed by atoms with Gasteiger partial charge in [-0.25, -0.2) is 13.1 Å². The lowest BCUT2D eigenvalue weighted by molar-refractivity contribution is 0.334. The number of anilines is 1. The average Bonchev–Trinajstić information content (AvgIpc) is 2.97. The van der Waals surface area contributed by atoms with Gasteiger partial charge in [-0.1, -0.05) is 0 Å². The number of rotatable bonds is 7. The number of nitrogens with zero attached hydrogens (tertiary/aromatic N) is 1. The predicted molar refractivity (Wildman–Crippen MR) is 82.9 cm³/mol. The molecule has 1 fully saturated rings. The molecule has 0 saturated carbocycles. The van der Waals surface area contributed by atoms with Gasteiger partial charge in [-0.3, -0.25) is 0 Å². The smallest absolute Gasteiger partial charge is 0.240 e. The minimum absolute atomic E-state index is 0.176. The van der Waals surface area contributed by atoms with Gasteiger partial charge in [-0.05, 0) is 51.0 Å². The molecule has 6 nitrogen and oxygen atoms in total. The van der Waals surface area contributed by atoms with Crippen LogP contribution in [0.1, 0.15) is 19.3 Å². The summed E-state index contributed by atoms with van der Waals surface area (Å²) in [6.45, 7) is 3.63. The Morgan fingerprint density at radius 3 is 2.71 bits per heavy atom. The molecule has 0 bridgehead atoms. The number of nitrogens with two attached hydrogens (primary N) is 1. The highest BCUT2D eigenvalue weighted by Gasteiger charge is 2.16. The summed E-state index contributed by atoms with van der Waals surface area (Å²) >= 11 is 0. The third kappa shape index (κ3) is 4.33. The van der Waals surface area contributed by atoms with Gasteiger partial charge < -0.3 is 15.4 Å². The Kier molecular flexibility index (Phi) is 5.44. The molecule has 0 amide bonds. The first-order chi connectivity index (χ1) is 10.0. The molecule has 0 aliphatic carbocycles. The van der Waals surface area contributed by atoms with Gasteiger partial charge in [-0.2, -0.15) is 0 Å². The number of sulfonamides is 1. The van der Waals surface area contributed by atoms with E-state index in [9.17, 15) is 8.42 Å². The van der Waals surface area contributed by atoms with Crippen LogP contribution in [0.25, 0.3) is 0 Å². The van der Waals surface area contributed by atoms with Crippen LogP contribution < -0.4 is 15.2 Å². The topological polar surface area (TPSA) is 84.7 Å². The molecule has 0 aromatic heterocycles. The highest BCUT2D eigenvalue weighted by molar-refractivity contribution is 7.89. The summed E-state index contributed by atoms with van der Waals surface area (Å²) < 4.78 is 32.0. The zero-order valence-corrected chi connectivity index (χ0v) is 13.2. The molecule has 7 heteroatoms. The number of hydrogen-bond acceptors (Lipinski definition) is 5. The normalized spacial score (nSPS) is 16.2. The lowest BCUT2D eigenvalue weighted by Gasteiger charge is -2.14. The quantitative estimate of drug-likeness (QED) is 0.580. The zero-order chi connectivity index (χ0) is 15.3. The van der Waals surface area contributed by atoms with Crippen molar-refractivity contribution in [3.8, 4) is 5.75 Å². The summed E-state index contributed by atoms with van der Waals surface area (Å²) in [5.41, 5.74) is 6.11. The predicted octanol–water partition coefficient (Wildman–Crippen LogP) is 1.04. The molecule has 1 aliphatic heterocycles. The summed E-state index contributed by atoms with van der Waals surface area (Å²) in [4.78, 5) is 2.54. The van der Waals surface area contributed by atoms with Crippen LogP contribution in [-0.4, -0.2) is 46.6 Å². The van der Waals surface area contributed by atoms with Crippen LogP contribution in [-0.2, 0) is 10.0 Å². The molecule has 1 aromatic carbocycles. The average molecular weight is 313 g/mol. The van der Waals surface area contributed by atoms with Gasteiger partial charge in [0.05, 0.1) is 17.7 Å². The molecule has 21 heavy (non-hydrogen) atoms. The van der Waals surface area contributed by atoms with E-state index in [1.54, 1.807) is 0 Å². The number of hydrogen-bond donors (Lipinski definition) is 2. The monoisotopic (exact) mass is 313 g/mol. The van der Waals surface area contributed by atoms with Crippen LogP contribution >= 0.6 is 0 Å². The van der Waals surface area contributed by atoms with E-state index in [0.717, 1.165) is 26.1 Å². The zero-order valence-electron chi connectivity index (χ0n) is 12.3. The van der Waals surface area contributed by atoms with E-state index in [1.165, 1.54) is 38.2 Å². The fourth-order valence-electron chi connectivity index (χ4n) is 2.46. The van der Waals surface area contributed by atoms with Crippen LogP contribution in [0.15, 0.2) is 23.1 Å². The van der Waals surface area contributed by atoms with Gasteiger partial charge in [0.25, 0.3) is 0 Å². The van der Waals surface area contributed by atoms with Crippen molar-refractivity contribution in [1.29, 1.82) is 0 Å². The number of nitrogen functional groups attached to an aromatic ring is 1.